The fraction of sp³-hybridized carbons (Fsp3) is 0.462. The number of nitrogens with two attached hydrogens (primary N) is 1. The Balaban J connectivity index is 2.99. The standard InChI is InChI=1S/C13H21N3O3S/c1-13(2,12(17)15-3)8-16-9-6-5-7-10(11(9)14)20(4,18)19/h5-7,16H,8,14H2,1-4H3,(H,15,17). The smallest absolute Gasteiger partial charge is 0.227 e. The van der Waals surface area contributed by atoms with Crippen molar-refractivity contribution < 1.29 is 13.2 Å². The van der Waals surface area contributed by atoms with Crippen molar-refractivity contribution in [2.24, 2.45) is 5.41 Å². The van der Waals surface area contributed by atoms with E-state index in [2.05, 4.69) is 10.6 Å². The Morgan fingerprint density at radius 3 is 2.45 bits per heavy atom. The molecule has 0 saturated carbocycles. The number of sulfone groups is 1. The molecule has 0 unspecified atom stereocenters. The summed E-state index contributed by atoms with van der Waals surface area (Å²) in [6.45, 7) is 3.91. The van der Waals surface area contributed by atoms with Gasteiger partial charge < -0.3 is 16.4 Å². The highest BCUT2D eigenvalue weighted by molar-refractivity contribution is 7.90. The monoisotopic (exact) mass is 299 g/mol. The Morgan fingerprint density at radius 1 is 1.35 bits per heavy atom. The number of nitrogens with one attached hydrogen (secondary N) is 2. The molecule has 112 valence electrons. The average Bonchev–Trinajstić information content (AvgIpc) is 2.35. The van der Waals surface area contributed by atoms with Crippen molar-refractivity contribution in [1.29, 1.82) is 0 Å². The summed E-state index contributed by atoms with van der Waals surface area (Å²) in [6, 6.07) is 4.76. The molecular weight excluding hydrogens is 278 g/mol. The number of para-hydroxylation sites is 1. The summed E-state index contributed by atoms with van der Waals surface area (Å²) in [5.74, 6) is -0.108. The van der Waals surface area contributed by atoms with Crippen molar-refractivity contribution in [3.05, 3.63) is 18.2 Å². The molecule has 1 rings (SSSR count). The van der Waals surface area contributed by atoms with Crippen molar-refractivity contribution in [2.45, 2.75) is 18.7 Å². The number of anilines is 2. The van der Waals surface area contributed by atoms with Crippen LogP contribution in [0.1, 0.15) is 13.8 Å². The second-order valence-corrected chi connectivity index (χ2v) is 7.29. The van der Waals surface area contributed by atoms with Gasteiger partial charge in [0.25, 0.3) is 0 Å². The van der Waals surface area contributed by atoms with Gasteiger partial charge in [-0.3, -0.25) is 4.79 Å². The van der Waals surface area contributed by atoms with Crippen LogP contribution in [0.4, 0.5) is 11.4 Å². The van der Waals surface area contributed by atoms with E-state index in [0.717, 1.165) is 6.26 Å². The van der Waals surface area contributed by atoms with Crippen molar-refractivity contribution in [2.75, 3.05) is 30.9 Å². The second kappa shape index (κ2) is 5.70. The van der Waals surface area contributed by atoms with Gasteiger partial charge in [-0.15, -0.1) is 0 Å². The minimum Gasteiger partial charge on any atom is -0.396 e. The largest absolute Gasteiger partial charge is 0.396 e. The third-order valence-corrected chi connectivity index (χ3v) is 4.18. The molecule has 0 spiro atoms. The van der Waals surface area contributed by atoms with Crippen LogP contribution in [0.2, 0.25) is 0 Å². The molecule has 20 heavy (non-hydrogen) atoms. The van der Waals surface area contributed by atoms with E-state index in [0.29, 0.717) is 12.2 Å². The quantitative estimate of drug-likeness (QED) is 0.700. The van der Waals surface area contributed by atoms with Crippen LogP contribution in [-0.2, 0) is 14.6 Å². The van der Waals surface area contributed by atoms with Crippen LogP contribution in [0.25, 0.3) is 0 Å². The molecule has 0 radical (unpaired) electrons. The van der Waals surface area contributed by atoms with Gasteiger partial charge in [-0.05, 0) is 26.0 Å². The summed E-state index contributed by atoms with van der Waals surface area (Å²) >= 11 is 0. The lowest BCUT2D eigenvalue weighted by Gasteiger charge is -2.24. The first-order chi connectivity index (χ1) is 9.09. The minimum atomic E-state index is -3.38. The first-order valence-electron chi connectivity index (χ1n) is 6.14. The van der Waals surface area contributed by atoms with Gasteiger partial charge in [-0.1, -0.05) is 6.07 Å². The molecule has 0 bridgehead atoms. The van der Waals surface area contributed by atoms with E-state index in [1.165, 1.54) is 6.07 Å². The SMILES string of the molecule is CNC(=O)C(C)(C)CNc1cccc(S(C)(=O)=O)c1N. The third kappa shape index (κ3) is 3.63. The van der Waals surface area contributed by atoms with Crippen LogP contribution in [0.15, 0.2) is 23.1 Å². The molecule has 1 aromatic carbocycles. The van der Waals surface area contributed by atoms with Crippen molar-refractivity contribution in [3.63, 3.8) is 0 Å². The first kappa shape index (κ1) is 16.3. The molecule has 0 atom stereocenters. The van der Waals surface area contributed by atoms with Crippen LogP contribution in [0.3, 0.4) is 0 Å². The van der Waals surface area contributed by atoms with Crippen molar-refractivity contribution in [3.8, 4) is 0 Å². The maximum absolute atomic E-state index is 11.7. The van der Waals surface area contributed by atoms with Gasteiger partial charge in [0.2, 0.25) is 5.91 Å². The summed E-state index contributed by atoms with van der Waals surface area (Å²) in [4.78, 5) is 11.8. The number of hydrogen-bond acceptors (Lipinski definition) is 5. The average molecular weight is 299 g/mol. The highest BCUT2D eigenvalue weighted by Gasteiger charge is 2.26. The number of rotatable bonds is 5. The Bertz CT molecular complexity index is 609. The summed E-state index contributed by atoms with van der Waals surface area (Å²) in [5.41, 5.74) is 5.90. The molecule has 0 aliphatic heterocycles. The van der Waals surface area contributed by atoms with Crippen LogP contribution in [0.5, 0.6) is 0 Å². The normalized spacial score (nSPS) is 12.0. The number of carbonyl (C=O) groups is 1. The Hall–Kier alpha value is -1.76. The zero-order valence-corrected chi connectivity index (χ0v) is 13.0. The summed E-state index contributed by atoms with van der Waals surface area (Å²) in [6.07, 6.45) is 1.11. The second-order valence-electron chi connectivity index (χ2n) is 5.31. The van der Waals surface area contributed by atoms with E-state index < -0.39 is 15.3 Å². The molecule has 1 aromatic rings. The molecule has 0 aromatic heterocycles. The van der Waals surface area contributed by atoms with E-state index in [1.807, 2.05) is 0 Å². The molecule has 7 heteroatoms. The van der Waals surface area contributed by atoms with Gasteiger partial charge in [-0.2, -0.15) is 0 Å². The zero-order chi connectivity index (χ0) is 15.6. The molecule has 0 aliphatic carbocycles. The lowest BCUT2D eigenvalue weighted by atomic mass is 9.92. The number of hydrogen-bond donors (Lipinski definition) is 3. The van der Waals surface area contributed by atoms with E-state index in [9.17, 15) is 13.2 Å². The van der Waals surface area contributed by atoms with Crippen LogP contribution in [0, 0.1) is 5.41 Å². The predicted octanol–water partition coefficient (Wildman–Crippen LogP) is 0.856. The maximum Gasteiger partial charge on any atom is 0.227 e. The Kier molecular flexibility index (Phi) is 4.65. The number of amides is 1. The highest BCUT2D eigenvalue weighted by Crippen LogP contribution is 2.27. The summed E-state index contributed by atoms with van der Waals surface area (Å²) in [7, 11) is -1.80. The topological polar surface area (TPSA) is 101 Å². The fourth-order valence-electron chi connectivity index (χ4n) is 1.76. The number of benzene rings is 1. The minimum absolute atomic E-state index is 0.0836. The molecular formula is C13H21N3O3S. The van der Waals surface area contributed by atoms with E-state index in [-0.39, 0.29) is 16.5 Å². The van der Waals surface area contributed by atoms with Gasteiger partial charge in [-0.25, -0.2) is 8.42 Å². The molecule has 0 heterocycles. The number of carbonyl (C=O) groups excluding carboxylic acids is 1. The summed E-state index contributed by atoms with van der Waals surface area (Å²) < 4.78 is 23.2. The Morgan fingerprint density at radius 2 is 1.95 bits per heavy atom. The van der Waals surface area contributed by atoms with Gasteiger partial charge in [0.15, 0.2) is 9.84 Å². The Labute approximate surface area is 119 Å². The molecule has 6 nitrogen and oxygen atoms in total. The van der Waals surface area contributed by atoms with Crippen LogP contribution >= 0.6 is 0 Å². The molecule has 1 amide bonds. The fourth-order valence-corrected chi connectivity index (χ4v) is 2.59. The predicted molar refractivity (Wildman–Crippen MR) is 80.3 cm³/mol. The zero-order valence-electron chi connectivity index (χ0n) is 12.1. The van der Waals surface area contributed by atoms with Gasteiger partial charge in [0.05, 0.1) is 21.7 Å². The number of nitrogen functional groups attached to an aromatic ring is 1. The lowest BCUT2D eigenvalue weighted by Crippen LogP contribution is -2.39. The van der Waals surface area contributed by atoms with Gasteiger partial charge in [0, 0.05) is 19.8 Å². The van der Waals surface area contributed by atoms with E-state index in [4.69, 9.17) is 5.73 Å². The molecule has 4 N–H and O–H groups in total. The molecule has 0 fully saturated rings. The maximum atomic E-state index is 11.7. The van der Waals surface area contributed by atoms with E-state index >= 15 is 0 Å². The molecule has 0 saturated heterocycles. The third-order valence-electron chi connectivity index (χ3n) is 3.03. The van der Waals surface area contributed by atoms with Gasteiger partial charge >= 0.3 is 0 Å². The van der Waals surface area contributed by atoms with Crippen LogP contribution in [-0.4, -0.2) is 34.2 Å². The van der Waals surface area contributed by atoms with Gasteiger partial charge in [0.1, 0.15) is 0 Å². The first-order valence-corrected chi connectivity index (χ1v) is 8.03. The van der Waals surface area contributed by atoms with Crippen molar-refractivity contribution in [1.82, 2.24) is 5.32 Å². The summed E-state index contributed by atoms with van der Waals surface area (Å²) in [5, 5.41) is 5.62. The highest BCUT2D eigenvalue weighted by atomic mass is 32.2. The molecule has 0 aliphatic rings. The van der Waals surface area contributed by atoms with E-state index in [1.54, 1.807) is 33.0 Å². The van der Waals surface area contributed by atoms with Crippen LogP contribution < -0.4 is 16.4 Å². The van der Waals surface area contributed by atoms with Crippen molar-refractivity contribution >= 4 is 27.1 Å². The lowest BCUT2D eigenvalue weighted by molar-refractivity contribution is -0.128.